The predicted octanol–water partition coefficient (Wildman–Crippen LogP) is 12.1. The van der Waals surface area contributed by atoms with Crippen molar-refractivity contribution in [3.63, 3.8) is 0 Å². The van der Waals surface area contributed by atoms with Crippen molar-refractivity contribution in [2.75, 3.05) is 47.2 Å². The first kappa shape index (κ1) is 58.5. The second kappa shape index (κ2) is 30.7. The molecule has 8 N–H and O–H groups in total. The summed E-state index contributed by atoms with van der Waals surface area (Å²) in [7, 11) is -4.28. The van der Waals surface area contributed by atoms with E-state index in [0.29, 0.717) is 70.5 Å². The molecule has 0 aliphatic heterocycles. The van der Waals surface area contributed by atoms with Crippen LogP contribution in [0.1, 0.15) is 109 Å². The highest BCUT2D eigenvalue weighted by Crippen LogP contribution is 2.38. The van der Waals surface area contributed by atoms with E-state index in [1.54, 1.807) is 62.4 Å². The Morgan fingerprint density at radius 3 is 1.57 bits per heavy atom. The van der Waals surface area contributed by atoms with Crippen molar-refractivity contribution >= 4 is 92.0 Å². The molecule has 1 heterocycles. The third kappa shape index (κ3) is 21.6. The van der Waals surface area contributed by atoms with E-state index in [2.05, 4.69) is 50.8 Å². The molecule has 0 unspecified atom stereocenters. The Bertz CT molecular complexity index is 2880. The minimum Gasteiger partial charge on any atom is -0.491 e. The first-order valence-electron chi connectivity index (χ1n) is 23.9. The number of ether oxygens (including phenoxy) is 2. The van der Waals surface area contributed by atoms with Crippen LogP contribution < -0.4 is 25.4 Å². The van der Waals surface area contributed by atoms with Gasteiger partial charge in [-0.1, -0.05) is 62.1 Å². The Kier molecular flexibility index (Phi) is 24.0. The van der Waals surface area contributed by atoms with Gasteiger partial charge in [0.2, 0.25) is 17.8 Å². The number of aliphatic carboxylic acids is 1. The molecule has 24 nitrogen and oxygen atoms in total. The molecule has 0 aliphatic rings. The quantitative estimate of drug-likeness (QED) is 0.00466. The number of aromatic carboxylic acids is 2. The zero-order valence-electron chi connectivity index (χ0n) is 41.3. The van der Waals surface area contributed by atoms with Crippen molar-refractivity contribution in [3.8, 4) is 11.5 Å². The van der Waals surface area contributed by atoms with Crippen LogP contribution in [0.25, 0.3) is 0 Å². The molecular weight excluding hydrogens is 1020 g/mol. The largest absolute Gasteiger partial charge is 0.491 e. The molecule has 0 radical (unpaired) electrons. The van der Waals surface area contributed by atoms with Gasteiger partial charge in [-0.05, 0) is 99.2 Å². The number of hydrogen-bond acceptors (Lipinski definition) is 21. The van der Waals surface area contributed by atoms with E-state index >= 15 is 0 Å². The van der Waals surface area contributed by atoms with E-state index in [1.165, 1.54) is 24.3 Å². The molecular formula is C49H60N10O14S2. The summed E-state index contributed by atoms with van der Waals surface area (Å²) >= 11 is 0.871. The highest BCUT2D eigenvalue weighted by Gasteiger charge is 2.17. The van der Waals surface area contributed by atoms with Gasteiger partial charge < -0.3 is 40.7 Å². The predicted molar refractivity (Wildman–Crippen MR) is 280 cm³/mol. The van der Waals surface area contributed by atoms with Gasteiger partial charge >= 0.3 is 17.9 Å². The molecule has 4 aromatic carbocycles. The number of carboxylic acids is 3. The van der Waals surface area contributed by atoms with Crippen molar-refractivity contribution in [2.45, 2.75) is 90.9 Å². The highest BCUT2D eigenvalue weighted by atomic mass is 32.2. The van der Waals surface area contributed by atoms with Gasteiger partial charge in [-0.25, -0.2) is 14.8 Å². The highest BCUT2D eigenvalue weighted by molar-refractivity contribution is 7.94. The first-order chi connectivity index (χ1) is 36.1. The van der Waals surface area contributed by atoms with Gasteiger partial charge in [0.1, 0.15) is 11.5 Å². The maximum absolute atomic E-state index is 11.6. The number of benzene rings is 4. The fraction of sp³-hybridized carbons (Fsp3) is 0.388. The van der Waals surface area contributed by atoms with Crippen molar-refractivity contribution in [3.05, 3.63) is 95.1 Å². The summed E-state index contributed by atoms with van der Waals surface area (Å²) in [5, 5.41) is 67.0. The Morgan fingerprint density at radius 2 is 1.09 bits per heavy atom. The van der Waals surface area contributed by atoms with E-state index in [0.717, 1.165) is 63.4 Å². The van der Waals surface area contributed by atoms with Gasteiger partial charge in [0, 0.05) is 42.9 Å². The Labute approximate surface area is 437 Å². The summed E-state index contributed by atoms with van der Waals surface area (Å²) in [5.41, 5.74) is 3.44. The van der Waals surface area contributed by atoms with Crippen LogP contribution in [-0.2, 0) is 24.3 Å². The lowest BCUT2D eigenvalue weighted by Gasteiger charge is -2.17. The molecule has 0 saturated heterocycles. The number of hydrogen-bond donors (Lipinski definition) is 8. The van der Waals surface area contributed by atoms with Gasteiger partial charge in [0.15, 0.2) is 0 Å². The van der Waals surface area contributed by atoms with Crippen LogP contribution in [0.5, 0.6) is 11.5 Å². The number of aryl methyl sites for hydroxylation is 2. The Balaban J connectivity index is 1.45. The number of nitrogens with zero attached hydrogens (tertiary/aromatic N) is 7. The summed E-state index contributed by atoms with van der Waals surface area (Å²) in [5.74, 6) is -2.33. The molecule has 0 bridgehead atoms. The maximum atomic E-state index is 11.6. The van der Waals surface area contributed by atoms with Crippen molar-refractivity contribution < 1.29 is 66.8 Å². The first-order valence-corrected chi connectivity index (χ1v) is 26.4. The number of carbonyl (C=O) groups is 3. The van der Waals surface area contributed by atoms with Crippen LogP contribution in [0.15, 0.2) is 93.3 Å². The SMILES string of the molecule is Cc1cc(Nc2nc(NCCCCCCCCCCCC(=O)O)nc(Nc3cc(C)c(N=Nc4cccc(C(=O)O)c4)cc3OCCCS(=O)(=O)O)n2)c(OCCCSOOO)cc1N=Nc1cccc(C(=O)O)c1. The monoisotopic (exact) mass is 1080 g/mol. The van der Waals surface area contributed by atoms with Crippen LogP contribution in [0.2, 0.25) is 0 Å². The molecule has 75 heavy (non-hydrogen) atoms. The number of nitrogens with one attached hydrogen (secondary N) is 3. The molecule has 1 aromatic heterocycles. The van der Waals surface area contributed by atoms with E-state index < -0.39 is 33.8 Å². The molecule has 5 rings (SSSR count). The number of rotatable bonds is 35. The lowest BCUT2D eigenvalue weighted by molar-refractivity contribution is -0.432. The third-order valence-corrected chi connectivity index (χ3v) is 12.2. The van der Waals surface area contributed by atoms with Gasteiger partial charge in [-0.2, -0.15) is 43.8 Å². The Morgan fingerprint density at radius 1 is 0.613 bits per heavy atom. The third-order valence-electron chi connectivity index (χ3n) is 10.8. The fourth-order valence-corrected chi connectivity index (χ4v) is 7.88. The fourth-order valence-electron chi connectivity index (χ4n) is 7.06. The van der Waals surface area contributed by atoms with Crippen molar-refractivity contribution in [1.29, 1.82) is 0 Å². The van der Waals surface area contributed by atoms with Gasteiger partial charge in [-0.15, -0.1) is 4.33 Å². The number of unbranched alkanes of at least 4 members (excludes halogenated alkanes) is 8. The molecule has 5 aromatic rings. The molecule has 0 spiro atoms. The van der Waals surface area contributed by atoms with E-state index in [-0.39, 0.29) is 66.5 Å². The number of carboxylic acid groups (broad SMARTS) is 3. The average molecular weight is 1080 g/mol. The Hall–Kier alpha value is -7.36. The zero-order chi connectivity index (χ0) is 54.0. The number of aromatic nitrogens is 3. The molecule has 26 heteroatoms. The second-order valence-corrected chi connectivity index (χ2v) is 19.2. The van der Waals surface area contributed by atoms with E-state index in [1.807, 2.05) is 0 Å². The van der Waals surface area contributed by atoms with Crippen LogP contribution in [-0.4, -0.2) is 97.7 Å². The van der Waals surface area contributed by atoms with Gasteiger partial charge in [-0.3, -0.25) is 9.35 Å². The summed E-state index contributed by atoms with van der Waals surface area (Å²) < 4.78 is 49.2. The maximum Gasteiger partial charge on any atom is 0.335 e. The average Bonchev–Trinajstić information content (AvgIpc) is 3.36. The van der Waals surface area contributed by atoms with Crippen LogP contribution >= 0.6 is 12.0 Å². The van der Waals surface area contributed by atoms with Crippen molar-refractivity contribution in [2.24, 2.45) is 20.5 Å². The number of anilines is 5. The van der Waals surface area contributed by atoms with Crippen LogP contribution in [0.3, 0.4) is 0 Å². The lowest BCUT2D eigenvalue weighted by Crippen LogP contribution is -2.12. The standard InChI is InChI=1S/C49H60N10O14S2/c1-32-26-40(42(70-22-14-24-74-73-72-66)30-38(32)58-56-36-18-12-16-34(28-36)45(62)63)51-48-53-47(50-21-11-9-7-5-3-4-6-8-10-20-44(60)61)54-49(55-48)52-41-27-33(2)39(31-43(41)71-23-15-25-75(67,68)69)59-57-37-19-13-17-35(29-37)46(64)65/h12-13,16-19,26-31,66H,3-11,14-15,20-25H2,1-2H3,(H,60,61)(H,62,63)(H,64,65)(H,67,68,69)(H3,50,51,52,53,54,55). The second-order valence-electron chi connectivity index (χ2n) is 16.8. The molecule has 0 saturated carbocycles. The summed E-state index contributed by atoms with van der Waals surface area (Å²) in [6.45, 7) is 4.12. The van der Waals surface area contributed by atoms with Crippen LogP contribution in [0.4, 0.5) is 52.0 Å². The number of azo groups is 2. The molecule has 0 atom stereocenters. The topological polar surface area (TPSA) is 348 Å². The minimum absolute atomic E-state index is 0.0245. The van der Waals surface area contributed by atoms with Crippen molar-refractivity contribution in [1.82, 2.24) is 15.0 Å². The van der Waals surface area contributed by atoms with E-state index in [9.17, 15) is 37.6 Å². The molecule has 0 fully saturated rings. The van der Waals surface area contributed by atoms with E-state index in [4.69, 9.17) is 29.8 Å². The summed E-state index contributed by atoms with van der Waals surface area (Å²) in [6, 6.07) is 18.6. The molecule has 402 valence electrons. The van der Waals surface area contributed by atoms with Crippen LogP contribution in [0, 0.1) is 13.8 Å². The summed E-state index contributed by atoms with van der Waals surface area (Å²) in [6.07, 6.45) is 9.12. The zero-order valence-corrected chi connectivity index (χ0v) is 42.9. The lowest BCUT2D eigenvalue weighted by atomic mass is 10.1. The van der Waals surface area contributed by atoms with Gasteiger partial charge in [0.05, 0.1) is 64.2 Å². The van der Waals surface area contributed by atoms with Gasteiger partial charge in [0.25, 0.3) is 10.1 Å². The summed E-state index contributed by atoms with van der Waals surface area (Å²) in [4.78, 5) is 48.0. The molecule has 0 aliphatic carbocycles. The normalized spacial score (nSPS) is 11.5. The smallest absolute Gasteiger partial charge is 0.335 e. The molecule has 0 amide bonds. The minimum atomic E-state index is -4.28.